The third kappa shape index (κ3) is 5.04. The Bertz CT molecular complexity index is 269. The minimum absolute atomic E-state index is 0.451. The average Bonchev–Trinajstić information content (AvgIpc) is 2.37. The largest absolute Gasteiger partial charge is 0.313 e. The Morgan fingerprint density at radius 3 is 2.35 bits per heavy atom. The second kappa shape index (κ2) is 7.79. The highest BCUT2D eigenvalue weighted by atomic mass is 15.2. The van der Waals surface area contributed by atoms with Gasteiger partial charge in [-0.05, 0) is 50.1 Å². The van der Waals surface area contributed by atoms with Gasteiger partial charge in [-0.2, -0.15) is 0 Å². The molecule has 2 heteroatoms. The van der Waals surface area contributed by atoms with Gasteiger partial charge in [-0.25, -0.2) is 0 Å². The van der Waals surface area contributed by atoms with E-state index in [1.54, 1.807) is 0 Å². The molecule has 0 spiro atoms. The molecule has 0 aromatic carbocycles. The lowest BCUT2D eigenvalue weighted by molar-refractivity contribution is 0.0657. The molecule has 4 atom stereocenters. The van der Waals surface area contributed by atoms with Crippen molar-refractivity contribution in [3.63, 3.8) is 0 Å². The van der Waals surface area contributed by atoms with Crippen molar-refractivity contribution in [1.29, 1.82) is 0 Å². The summed E-state index contributed by atoms with van der Waals surface area (Å²) < 4.78 is 0. The van der Waals surface area contributed by atoms with E-state index < -0.39 is 0 Å². The van der Waals surface area contributed by atoms with Crippen LogP contribution < -0.4 is 5.32 Å². The van der Waals surface area contributed by atoms with E-state index in [1.165, 1.54) is 32.2 Å². The molecule has 0 aliphatic heterocycles. The average molecular weight is 283 g/mol. The van der Waals surface area contributed by atoms with Gasteiger partial charge < -0.3 is 10.2 Å². The van der Waals surface area contributed by atoms with Crippen LogP contribution in [0, 0.1) is 17.3 Å². The van der Waals surface area contributed by atoms with Crippen LogP contribution in [-0.2, 0) is 0 Å². The molecule has 0 heterocycles. The zero-order valence-corrected chi connectivity index (χ0v) is 15.0. The molecular formula is C18H38N2. The second-order valence-corrected chi connectivity index (χ2v) is 8.06. The first-order valence-electron chi connectivity index (χ1n) is 8.73. The van der Waals surface area contributed by atoms with Crippen molar-refractivity contribution in [2.45, 2.75) is 79.3 Å². The lowest BCUT2D eigenvalue weighted by Gasteiger charge is -2.46. The fourth-order valence-corrected chi connectivity index (χ4v) is 3.68. The van der Waals surface area contributed by atoms with E-state index in [1.807, 2.05) is 0 Å². The molecule has 1 fully saturated rings. The quantitative estimate of drug-likeness (QED) is 0.787. The van der Waals surface area contributed by atoms with Gasteiger partial charge in [-0.1, -0.05) is 48.0 Å². The Labute approximate surface area is 127 Å². The molecule has 1 saturated carbocycles. The molecule has 1 aliphatic rings. The second-order valence-electron chi connectivity index (χ2n) is 8.06. The third-order valence-electron chi connectivity index (χ3n) is 5.37. The van der Waals surface area contributed by atoms with Gasteiger partial charge in [-0.3, -0.25) is 0 Å². The van der Waals surface area contributed by atoms with Crippen LogP contribution in [0.1, 0.15) is 67.2 Å². The lowest BCUT2D eigenvalue weighted by atomic mass is 9.69. The van der Waals surface area contributed by atoms with Crippen LogP contribution in [0.5, 0.6) is 0 Å². The normalized spacial score (nSPS) is 29.7. The van der Waals surface area contributed by atoms with Gasteiger partial charge in [0.2, 0.25) is 0 Å². The molecule has 0 aromatic heterocycles. The summed E-state index contributed by atoms with van der Waals surface area (Å²) in [5.41, 5.74) is 0.451. The minimum Gasteiger partial charge on any atom is -0.313 e. The molecule has 120 valence electrons. The molecule has 0 radical (unpaired) electrons. The highest BCUT2D eigenvalue weighted by molar-refractivity contribution is 4.93. The molecule has 2 nitrogen and oxygen atoms in total. The number of nitrogens with zero attached hydrogens (tertiary/aromatic N) is 1. The molecule has 0 bridgehead atoms. The van der Waals surface area contributed by atoms with Gasteiger partial charge in [0.25, 0.3) is 0 Å². The Morgan fingerprint density at radius 1 is 1.20 bits per heavy atom. The fourth-order valence-electron chi connectivity index (χ4n) is 3.68. The van der Waals surface area contributed by atoms with Crippen molar-refractivity contribution in [3.05, 3.63) is 0 Å². The summed E-state index contributed by atoms with van der Waals surface area (Å²) in [7, 11) is 2.34. The lowest BCUT2D eigenvalue weighted by Crippen LogP contribution is -2.54. The van der Waals surface area contributed by atoms with E-state index in [9.17, 15) is 0 Å². The highest BCUT2D eigenvalue weighted by Gasteiger charge is 2.37. The number of nitrogens with one attached hydrogen (secondary N) is 1. The minimum atomic E-state index is 0.451. The molecule has 1 aliphatic carbocycles. The van der Waals surface area contributed by atoms with Crippen LogP contribution in [0.2, 0.25) is 0 Å². The van der Waals surface area contributed by atoms with Crippen molar-refractivity contribution in [2.75, 3.05) is 20.1 Å². The summed E-state index contributed by atoms with van der Waals surface area (Å²) >= 11 is 0. The van der Waals surface area contributed by atoms with Gasteiger partial charge in [0, 0.05) is 18.6 Å². The van der Waals surface area contributed by atoms with Crippen LogP contribution in [-0.4, -0.2) is 37.1 Å². The summed E-state index contributed by atoms with van der Waals surface area (Å²) in [5, 5.41) is 3.74. The molecule has 0 saturated heterocycles. The van der Waals surface area contributed by atoms with E-state index in [4.69, 9.17) is 0 Å². The van der Waals surface area contributed by atoms with E-state index in [0.29, 0.717) is 17.5 Å². The van der Waals surface area contributed by atoms with Crippen molar-refractivity contribution in [2.24, 2.45) is 17.3 Å². The van der Waals surface area contributed by atoms with Crippen LogP contribution in [0.4, 0.5) is 0 Å². The van der Waals surface area contributed by atoms with Crippen molar-refractivity contribution in [3.8, 4) is 0 Å². The first-order valence-corrected chi connectivity index (χ1v) is 8.73. The maximum atomic E-state index is 3.74. The summed E-state index contributed by atoms with van der Waals surface area (Å²) in [6.45, 7) is 16.5. The van der Waals surface area contributed by atoms with E-state index in [0.717, 1.165) is 18.4 Å². The monoisotopic (exact) mass is 282 g/mol. The molecule has 20 heavy (non-hydrogen) atoms. The highest BCUT2D eigenvalue weighted by Crippen LogP contribution is 2.39. The van der Waals surface area contributed by atoms with Gasteiger partial charge in [-0.15, -0.1) is 0 Å². The Balaban J connectivity index is 2.72. The third-order valence-corrected chi connectivity index (χ3v) is 5.37. The van der Waals surface area contributed by atoms with Crippen molar-refractivity contribution >= 4 is 0 Å². The van der Waals surface area contributed by atoms with E-state index >= 15 is 0 Å². The van der Waals surface area contributed by atoms with Crippen LogP contribution in [0.15, 0.2) is 0 Å². The Morgan fingerprint density at radius 2 is 1.85 bits per heavy atom. The topological polar surface area (TPSA) is 15.3 Å². The fraction of sp³-hybridized carbons (Fsp3) is 1.00. The molecule has 0 aromatic rings. The molecular weight excluding hydrogens is 244 g/mol. The first kappa shape index (κ1) is 18.0. The van der Waals surface area contributed by atoms with Crippen LogP contribution >= 0.6 is 0 Å². The molecule has 0 amide bonds. The molecule has 1 N–H and O–H groups in total. The predicted molar refractivity (Wildman–Crippen MR) is 90.1 cm³/mol. The first-order chi connectivity index (χ1) is 9.29. The predicted octanol–water partition coefficient (Wildman–Crippen LogP) is 4.16. The number of rotatable bonds is 6. The zero-order chi connectivity index (χ0) is 15.3. The molecule has 1 rings (SSSR count). The van der Waals surface area contributed by atoms with Gasteiger partial charge in [0.1, 0.15) is 0 Å². The smallest absolute Gasteiger partial charge is 0.0249 e. The summed E-state index contributed by atoms with van der Waals surface area (Å²) in [6, 6.07) is 1.40. The standard InChI is InChI=1S/C18H38N2/c1-8-14(3)13-20(7)17-12-15(18(4,5)6)10-11-16(17)19-9-2/h14-17,19H,8-13H2,1-7H3. The van der Waals surface area contributed by atoms with E-state index in [-0.39, 0.29) is 0 Å². The Hall–Kier alpha value is -0.0800. The molecule has 4 unspecified atom stereocenters. The van der Waals surface area contributed by atoms with Crippen molar-refractivity contribution in [1.82, 2.24) is 10.2 Å². The summed E-state index contributed by atoms with van der Waals surface area (Å²) in [5.74, 6) is 1.67. The maximum absolute atomic E-state index is 3.74. The SMILES string of the molecule is CCNC1CCC(C(C)(C)C)CC1N(C)CC(C)CC. The summed E-state index contributed by atoms with van der Waals surface area (Å²) in [4.78, 5) is 2.64. The van der Waals surface area contributed by atoms with Crippen molar-refractivity contribution < 1.29 is 0 Å². The Kier molecular flexibility index (Phi) is 7.00. The number of hydrogen-bond acceptors (Lipinski definition) is 2. The number of hydrogen-bond donors (Lipinski definition) is 1. The van der Waals surface area contributed by atoms with Gasteiger partial charge in [0.15, 0.2) is 0 Å². The maximum Gasteiger partial charge on any atom is 0.0249 e. The van der Waals surface area contributed by atoms with Gasteiger partial charge in [0.05, 0.1) is 0 Å². The zero-order valence-electron chi connectivity index (χ0n) is 15.0. The van der Waals surface area contributed by atoms with Crippen LogP contribution in [0.3, 0.4) is 0 Å². The number of likely N-dealkylation sites (N-methyl/N-ethyl adjacent to an activating group) is 2. The van der Waals surface area contributed by atoms with Crippen LogP contribution in [0.25, 0.3) is 0 Å². The summed E-state index contributed by atoms with van der Waals surface area (Å²) in [6.07, 6.45) is 5.36. The van der Waals surface area contributed by atoms with Gasteiger partial charge >= 0.3 is 0 Å². The van der Waals surface area contributed by atoms with E-state index in [2.05, 4.69) is 58.8 Å².